The van der Waals surface area contributed by atoms with Gasteiger partial charge in [0.1, 0.15) is 10.8 Å². The summed E-state index contributed by atoms with van der Waals surface area (Å²) in [7, 11) is 0. The van der Waals surface area contributed by atoms with Crippen LogP contribution < -0.4 is 5.32 Å². The normalized spacial score (nSPS) is 10.5. The number of aromatic carboxylic acids is 1. The topological polar surface area (TPSA) is 92.2 Å². The van der Waals surface area contributed by atoms with Crippen LogP contribution >= 0.6 is 11.3 Å². The second-order valence-electron chi connectivity index (χ2n) is 5.49. The third kappa shape index (κ3) is 4.48. The highest BCUT2D eigenvalue weighted by molar-refractivity contribution is 7.15. The van der Waals surface area contributed by atoms with Gasteiger partial charge in [-0.2, -0.15) is 0 Å². The van der Waals surface area contributed by atoms with E-state index in [1.807, 2.05) is 0 Å². The highest BCUT2D eigenvalue weighted by atomic mass is 32.1. The summed E-state index contributed by atoms with van der Waals surface area (Å²) in [5.41, 5.74) is 1.40. The van der Waals surface area contributed by atoms with Crippen molar-refractivity contribution in [1.82, 2.24) is 10.2 Å². The van der Waals surface area contributed by atoms with Gasteiger partial charge in [0.25, 0.3) is 0 Å². The minimum atomic E-state index is -1.08. The molecule has 2 aromatic carbocycles. The van der Waals surface area contributed by atoms with Crippen LogP contribution in [0.1, 0.15) is 26.5 Å². The number of benzene rings is 2. The molecule has 0 saturated carbocycles. The van der Waals surface area contributed by atoms with E-state index in [-0.39, 0.29) is 23.7 Å². The molecular formula is C18H14FN3O3S. The zero-order chi connectivity index (χ0) is 18.5. The van der Waals surface area contributed by atoms with Crippen LogP contribution in [0.25, 0.3) is 0 Å². The molecule has 2 N–H and O–H groups in total. The van der Waals surface area contributed by atoms with Gasteiger partial charge in [-0.15, -0.1) is 10.2 Å². The van der Waals surface area contributed by atoms with Gasteiger partial charge in [0.05, 0.1) is 12.0 Å². The van der Waals surface area contributed by atoms with Gasteiger partial charge in [-0.1, -0.05) is 41.7 Å². The van der Waals surface area contributed by atoms with Crippen LogP contribution in [0.5, 0.6) is 0 Å². The highest BCUT2D eigenvalue weighted by Crippen LogP contribution is 2.19. The Bertz CT molecular complexity index is 941. The van der Waals surface area contributed by atoms with Gasteiger partial charge in [0, 0.05) is 6.42 Å². The van der Waals surface area contributed by atoms with Gasteiger partial charge in [0.15, 0.2) is 0 Å². The standard InChI is InChI=1S/C18H14FN3O3S/c19-13-7-5-11(6-8-13)9-16-21-22-18(26-16)20-15(23)10-12-3-1-2-4-14(12)17(24)25/h1-8H,9-10H2,(H,24,25)(H,20,22,23). The number of carboxylic acid groups (broad SMARTS) is 1. The molecule has 0 unspecified atom stereocenters. The summed E-state index contributed by atoms with van der Waals surface area (Å²) in [6.07, 6.45) is 0.408. The molecule has 0 spiro atoms. The first-order valence-electron chi connectivity index (χ1n) is 7.69. The Morgan fingerprint density at radius 3 is 2.54 bits per heavy atom. The predicted molar refractivity (Wildman–Crippen MR) is 94.9 cm³/mol. The van der Waals surface area contributed by atoms with E-state index in [1.165, 1.54) is 29.5 Å². The molecule has 3 aromatic rings. The van der Waals surface area contributed by atoms with E-state index in [0.29, 0.717) is 22.1 Å². The van der Waals surface area contributed by atoms with E-state index in [1.54, 1.807) is 30.3 Å². The Kier molecular flexibility index (Phi) is 5.33. The molecule has 0 aliphatic heterocycles. The van der Waals surface area contributed by atoms with Gasteiger partial charge in [-0.05, 0) is 29.3 Å². The van der Waals surface area contributed by atoms with E-state index < -0.39 is 5.97 Å². The second-order valence-corrected chi connectivity index (χ2v) is 6.55. The molecule has 0 atom stereocenters. The molecule has 0 aliphatic rings. The van der Waals surface area contributed by atoms with Gasteiger partial charge in [-0.25, -0.2) is 9.18 Å². The van der Waals surface area contributed by atoms with Crippen molar-refractivity contribution < 1.29 is 19.1 Å². The summed E-state index contributed by atoms with van der Waals surface area (Å²) < 4.78 is 12.9. The highest BCUT2D eigenvalue weighted by Gasteiger charge is 2.14. The number of carbonyl (C=O) groups is 2. The molecule has 8 heteroatoms. The first-order chi connectivity index (χ1) is 12.5. The van der Waals surface area contributed by atoms with Crippen molar-refractivity contribution in [2.75, 3.05) is 5.32 Å². The summed E-state index contributed by atoms with van der Waals surface area (Å²) in [5.74, 6) is -1.75. The maximum absolute atomic E-state index is 12.9. The molecule has 1 amide bonds. The van der Waals surface area contributed by atoms with Crippen LogP contribution in [0, 0.1) is 5.82 Å². The quantitative estimate of drug-likeness (QED) is 0.694. The molecule has 3 rings (SSSR count). The zero-order valence-corrected chi connectivity index (χ0v) is 14.3. The lowest BCUT2D eigenvalue weighted by molar-refractivity contribution is -0.115. The molecule has 1 aromatic heterocycles. The summed E-state index contributed by atoms with van der Waals surface area (Å²) in [4.78, 5) is 23.3. The van der Waals surface area contributed by atoms with Crippen molar-refractivity contribution in [3.63, 3.8) is 0 Å². The largest absolute Gasteiger partial charge is 0.478 e. The first-order valence-corrected chi connectivity index (χ1v) is 8.51. The first kappa shape index (κ1) is 17.7. The van der Waals surface area contributed by atoms with Crippen molar-refractivity contribution >= 4 is 28.3 Å². The molecule has 1 heterocycles. The van der Waals surface area contributed by atoms with Crippen LogP contribution in [-0.2, 0) is 17.6 Å². The van der Waals surface area contributed by atoms with Gasteiger partial charge < -0.3 is 10.4 Å². The summed E-state index contributed by atoms with van der Waals surface area (Å²) in [6.45, 7) is 0. The number of hydrogen-bond acceptors (Lipinski definition) is 5. The number of anilines is 1. The third-order valence-corrected chi connectivity index (χ3v) is 4.42. The van der Waals surface area contributed by atoms with Crippen molar-refractivity contribution in [2.45, 2.75) is 12.8 Å². The lowest BCUT2D eigenvalue weighted by Gasteiger charge is -2.05. The minimum absolute atomic E-state index is 0.0741. The molecule has 0 aliphatic carbocycles. The van der Waals surface area contributed by atoms with Gasteiger partial charge in [-0.3, -0.25) is 4.79 Å². The van der Waals surface area contributed by atoms with Crippen LogP contribution in [0.15, 0.2) is 48.5 Å². The molecular weight excluding hydrogens is 357 g/mol. The average Bonchev–Trinajstić information content (AvgIpc) is 3.04. The molecule has 0 radical (unpaired) electrons. The van der Waals surface area contributed by atoms with Gasteiger partial charge >= 0.3 is 5.97 Å². The second kappa shape index (κ2) is 7.83. The fourth-order valence-corrected chi connectivity index (χ4v) is 3.16. The molecule has 6 nitrogen and oxygen atoms in total. The Hall–Kier alpha value is -3.13. The maximum Gasteiger partial charge on any atom is 0.335 e. The minimum Gasteiger partial charge on any atom is -0.478 e. The number of aromatic nitrogens is 2. The molecule has 0 bridgehead atoms. The van der Waals surface area contributed by atoms with Crippen LogP contribution in [0.2, 0.25) is 0 Å². The average molecular weight is 371 g/mol. The van der Waals surface area contributed by atoms with E-state index in [9.17, 15) is 14.0 Å². The van der Waals surface area contributed by atoms with Gasteiger partial charge in [0.2, 0.25) is 11.0 Å². The number of carboxylic acids is 1. The van der Waals surface area contributed by atoms with Crippen LogP contribution in [-0.4, -0.2) is 27.2 Å². The Balaban J connectivity index is 1.63. The van der Waals surface area contributed by atoms with E-state index in [2.05, 4.69) is 15.5 Å². The fourth-order valence-electron chi connectivity index (χ4n) is 2.37. The number of nitrogens with one attached hydrogen (secondary N) is 1. The number of hydrogen-bond donors (Lipinski definition) is 2. The number of nitrogens with zero attached hydrogens (tertiary/aromatic N) is 2. The molecule has 0 fully saturated rings. The Morgan fingerprint density at radius 2 is 1.81 bits per heavy atom. The summed E-state index contributed by atoms with van der Waals surface area (Å²) in [6, 6.07) is 12.4. The van der Waals surface area contributed by atoms with E-state index in [4.69, 9.17) is 5.11 Å². The summed E-state index contributed by atoms with van der Waals surface area (Å²) >= 11 is 1.22. The number of rotatable bonds is 6. The zero-order valence-electron chi connectivity index (χ0n) is 13.5. The Morgan fingerprint density at radius 1 is 1.08 bits per heavy atom. The van der Waals surface area contributed by atoms with Crippen LogP contribution in [0.4, 0.5) is 9.52 Å². The Labute approximate surface area is 152 Å². The smallest absolute Gasteiger partial charge is 0.335 e. The number of halogens is 1. The van der Waals surface area contributed by atoms with Crippen LogP contribution in [0.3, 0.4) is 0 Å². The number of amides is 1. The SMILES string of the molecule is O=C(Cc1ccccc1C(=O)O)Nc1nnc(Cc2ccc(F)cc2)s1. The fraction of sp³-hybridized carbons (Fsp3) is 0.111. The maximum atomic E-state index is 12.9. The van der Waals surface area contributed by atoms with Crippen molar-refractivity contribution in [2.24, 2.45) is 0 Å². The molecule has 26 heavy (non-hydrogen) atoms. The lowest BCUT2D eigenvalue weighted by atomic mass is 10.0. The molecule has 0 saturated heterocycles. The monoisotopic (exact) mass is 371 g/mol. The predicted octanol–water partition coefficient (Wildman–Crippen LogP) is 3.15. The van der Waals surface area contributed by atoms with Crippen molar-refractivity contribution in [1.29, 1.82) is 0 Å². The number of carbonyl (C=O) groups excluding carboxylic acids is 1. The third-order valence-electron chi connectivity index (χ3n) is 3.58. The van der Waals surface area contributed by atoms with E-state index in [0.717, 1.165) is 5.56 Å². The van der Waals surface area contributed by atoms with Crippen molar-refractivity contribution in [3.8, 4) is 0 Å². The lowest BCUT2D eigenvalue weighted by Crippen LogP contribution is -2.16. The van der Waals surface area contributed by atoms with E-state index >= 15 is 0 Å². The summed E-state index contributed by atoms with van der Waals surface area (Å²) in [5, 5.41) is 20.7. The molecule has 132 valence electrons. The van der Waals surface area contributed by atoms with Crippen molar-refractivity contribution in [3.05, 3.63) is 76.0 Å².